The van der Waals surface area contributed by atoms with Crippen LogP contribution in [0.4, 0.5) is 11.5 Å². The molecule has 2 rings (SSSR count). The largest absolute Gasteiger partial charge is 0.370 e. The fourth-order valence-corrected chi connectivity index (χ4v) is 2.76. The Labute approximate surface area is 119 Å². The van der Waals surface area contributed by atoms with Crippen LogP contribution >= 0.6 is 0 Å². The molecule has 5 nitrogen and oxygen atoms in total. The zero-order valence-electron chi connectivity index (χ0n) is 11.4. The van der Waals surface area contributed by atoms with Crippen molar-refractivity contribution >= 4 is 21.5 Å². The lowest BCUT2D eigenvalue weighted by Crippen LogP contribution is -2.13. The van der Waals surface area contributed by atoms with E-state index in [1.165, 1.54) is 18.3 Å². The van der Waals surface area contributed by atoms with Crippen LogP contribution in [0.25, 0.3) is 0 Å². The van der Waals surface area contributed by atoms with Crippen molar-refractivity contribution < 1.29 is 8.42 Å². The quantitative estimate of drug-likeness (QED) is 0.888. The van der Waals surface area contributed by atoms with E-state index in [9.17, 15) is 8.42 Å². The van der Waals surface area contributed by atoms with Crippen molar-refractivity contribution in [3.05, 3.63) is 48.2 Å². The van der Waals surface area contributed by atoms with Gasteiger partial charge in [-0.1, -0.05) is 17.7 Å². The van der Waals surface area contributed by atoms with Crippen LogP contribution in [0.3, 0.4) is 0 Å². The number of pyridine rings is 1. The third-order valence-corrected chi connectivity index (χ3v) is 4.08. The molecule has 0 atom stereocenters. The van der Waals surface area contributed by atoms with E-state index in [0.717, 1.165) is 5.56 Å². The first-order chi connectivity index (χ1) is 9.51. The fraction of sp³-hybridized carbons (Fsp3) is 0.214. The molecule has 0 saturated heterocycles. The maximum atomic E-state index is 12.3. The number of rotatable bonds is 5. The number of sulfonamides is 1. The molecule has 6 heteroatoms. The first kappa shape index (κ1) is 14.3. The highest BCUT2D eigenvalue weighted by atomic mass is 32.2. The molecule has 0 radical (unpaired) electrons. The zero-order chi connectivity index (χ0) is 14.6. The highest BCUT2D eigenvalue weighted by molar-refractivity contribution is 7.92. The smallest absolute Gasteiger partial charge is 0.262 e. The van der Waals surface area contributed by atoms with Crippen molar-refractivity contribution in [1.29, 1.82) is 0 Å². The van der Waals surface area contributed by atoms with Crippen molar-refractivity contribution in [3.8, 4) is 0 Å². The number of nitrogens with zero attached hydrogens (tertiary/aromatic N) is 1. The van der Waals surface area contributed by atoms with E-state index in [-0.39, 0.29) is 4.90 Å². The highest BCUT2D eigenvalue weighted by Gasteiger charge is 2.14. The maximum Gasteiger partial charge on any atom is 0.262 e. The first-order valence-corrected chi connectivity index (χ1v) is 7.79. The summed E-state index contributed by atoms with van der Waals surface area (Å²) in [5.41, 5.74) is 1.61. The standard InChI is InChI=1S/C14H17N3O2S/c1-3-15-14-10-13(8-9-16-14)20(18,19)17-12-6-4-11(2)5-7-12/h4-10,17H,3H2,1-2H3,(H,15,16). The Morgan fingerprint density at radius 2 is 1.85 bits per heavy atom. The zero-order valence-corrected chi connectivity index (χ0v) is 12.2. The Hall–Kier alpha value is -2.08. The van der Waals surface area contributed by atoms with Crippen LogP contribution in [0, 0.1) is 6.92 Å². The van der Waals surface area contributed by atoms with E-state index in [2.05, 4.69) is 15.0 Å². The van der Waals surface area contributed by atoms with Gasteiger partial charge in [-0.3, -0.25) is 4.72 Å². The molecular weight excluding hydrogens is 274 g/mol. The van der Waals surface area contributed by atoms with Gasteiger partial charge < -0.3 is 5.32 Å². The van der Waals surface area contributed by atoms with Crippen molar-refractivity contribution in [3.63, 3.8) is 0 Å². The number of aromatic nitrogens is 1. The third-order valence-electron chi connectivity index (χ3n) is 2.70. The molecule has 0 aliphatic rings. The topological polar surface area (TPSA) is 71.1 Å². The molecule has 0 saturated carbocycles. The van der Waals surface area contributed by atoms with Gasteiger partial charge in [-0.25, -0.2) is 13.4 Å². The maximum absolute atomic E-state index is 12.3. The molecule has 1 aromatic carbocycles. The lowest BCUT2D eigenvalue weighted by atomic mass is 10.2. The van der Waals surface area contributed by atoms with E-state index in [1.807, 2.05) is 26.0 Å². The second kappa shape index (κ2) is 5.92. The Kier molecular flexibility index (Phi) is 4.24. The van der Waals surface area contributed by atoms with Crippen LogP contribution in [0.1, 0.15) is 12.5 Å². The highest BCUT2D eigenvalue weighted by Crippen LogP contribution is 2.18. The Morgan fingerprint density at radius 1 is 1.15 bits per heavy atom. The van der Waals surface area contributed by atoms with Gasteiger partial charge in [0.15, 0.2) is 0 Å². The van der Waals surface area contributed by atoms with E-state index < -0.39 is 10.0 Å². The molecule has 20 heavy (non-hydrogen) atoms. The Balaban J connectivity index is 2.25. The molecular formula is C14H17N3O2S. The van der Waals surface area contributed by atoms with Gasteiger partial charge >= 0.3 is 0 Å². The number of hydrogen-bond donors (Lipinski definition) is 2. The van der Waals surface area contributed by atoms with Crippen molar-refractivity contribution in [2.45, 2.75) is 18.7 Å². The average Bonchev–Trinajstić information content (AvgIpc) is 2.42. The van der Waals surface area contributed by atoms with Gasteiger partial charge in [-0.05, 0) is 32.0 Å². The summed E-state index contributed by atoms with van der Waals surface area (Å²) >= 11 is 0. The molecule has 106 valence electrons. The second-order valence-electron chi connectivity index (χ2n) is 4.38. The van der Waals surface area contributed by atoms with Gasteiger partial charge in [0.05, 0.1) is 4.90 Å². The van der Waals surface area contributed by atoms with Crippen LogP contribution < -0.4 is 10.0 Å². The molecule has 2 N–H and O–H groups in total. The molecule has 1 aromatic heterocycles. The van der Waals surface area contributed by atoms with E-state index in [0.29, 0.717) is 18.1 Å². The van der Waals surface area contributed by atoms with Gasteiger partial charge in [0.1, 0.15) is 5.82 Å². The number of nitrogens with one attached hydrogen (secondary N) is 2. The van der Waals surface area contributed by atoms with Gasteiger partial charge in [-0.15, -0.1) is 0 Å². The number of anilines is 2. The fourth-order valence-electron chi connectivity index (χ4n) is 1.69. The summed E-state index contributed by atoms with van der Waals surface area (Å²) in [5, 5.41) is 2.99. The molecule has 0 unspecified atom stereocenters. The summed E-state index contributed by atoms with van der Waals surface area (Å²) in [5.74, 6) is 0.541. The van der Waals surface area contributed by atoms with Gasteiger partial charge in [-0.2, -0.15) is 0 Å². The lowest BCUT2D eigenvalue weighted by Gasteiger charge is -2.09. The summed E-state index contributed by atoms with van der Waals surface area (Å²) in [7, 11) is -3.60. The van der Waals surface area contributed by atoms with Crippen molar-refractivity contribution in [2.75, 3.05) is 16.6 Å². The number of hydrogen-bond acceptors (Lipinski definition) is 4. The molecule has 0 aliphatic carbocycles. The second-order valence-corrected chi connectivity index (χ2v) is 6.06. The summed E-state index contributed by atoms with van der Waals surface area (Å²) in [6.45, 7) is 4.55. The molecule has 2 aromatic rings. The van der Waals surface area contributed by atoms with Gasteiger partial charge in [0.2, 0.25) is 0 Å². The normalized spacial score (nSPS) is 11.1. The van der Waals surface area contributed by atoms with E-state index >= 15 is 0 Å². The van der Waals surface area contributed by atoms with Crippen molar-refractivity contribution in [2.24, 2.45) is 0 Å². The molecule has 0 fully saturated rings. The summed E-state index contributed by atoms with van der Waals surface area (Å²) in [4.78, 5) is 4.24. The molecule has 0 amide bonds. The molecule has 0 bridgehead atoms. The van der Waals surface area contributed by atoms with Crippen LogP contribution in [0.15, 0.2) is 47.5 Å². The van der Waals surface area contributed by atoms with Crippen LogP contribution in [0.5, 0.6) is 0 Å². The molecule has 0 spiro atoms. The van der Waals surface area contributed by atoms with Gasteiger partial charge in [0.25, 0.3) is 10.0 Å². The average molecular weight is 291 g/mol. The van der Waals surface area contributed by atoms with Gasteiger partial charge in [0, 0.05) is 24.5 Å². The SMILES string of the molecule is CCNc1cc(S(=O)(=O)Nc2ccc(C)cc2)ccn1. The van der Waals surface area contributed by atoms with E-state index in [1.54, 1.807) is 12.1 Å². The van der Waals surface area contributed by atoms with Crippen molar-refractivity contribution in [1.82, 2.24) is 4.98 Å². The lowest BCUT2D eigenvalue weighted by molar-refractivity contribution is 0.601. The summed E-state index contributed by atoms with van der Waals surface area (Å²) in [6.07, 6.45) is 1.47. The minimum Gasteiger partial charge on any atom is -0.370 e. The number of aryl methyl sites for hydroxylation is 1. The number of benzene rings is 1. The summed E-state index contributed by atoms with van der Waals surface area (Å²) < 4.78 is 27.1. The van der Waals surface area contributed by atoms with E-state index in [4.69, 9.17) is 0 Å². The Bertz CT molecular complexity index is 682. The molecule has 1 heterocycles. The monoisotopic (exact) mass is 291 g/mol. The molecule has 0 aliphatic heterocycles. The minimum absolute atomic E-state index is 0.184. The van der Waals surface area contributed by atoms with Crippen LogP contribution in [0.2, 0.25) is 0 Å². The minimum atomic E-state index is -3.60. The third kappa shape index (κ3) is 3.48. The summed E-state index contributed by atoms with van der Waals surface area (Å²) in [6, 6.07) is 10.2. The predicted molar refractivity (Wildman–Crippen MR) is 80.4 cm³/mol. The Morgan fingerprint density at radius 3 is 2.50 bits per heavy atom. The van der Waals surface area contributed by atoms with Crippen LogP contribution in [-0.2, 0) is 10.0 Å². The first-order valence-electron chi connectivity index (χ1n) is 6.30. The van der Waals surface area contributed by atoms with Crippen LogP contribution in [-0.4, -0.2) is 19.9 Å². The predicted octanol–water partition coefficient (Wildman–Crippen LogP) is 2.62.